The fourth-order valence-electron chi connectivity index (χ4n) is 1.96. The lowest BCUT2D eigenvalue weighted by molar-refractivity contribution is 0.0979. The number of fused-ring (bicyclic) bond motifs is 1. The lowest BCUT2D eigenvalue weighted by Gasteiger charge is -2.17. The number of benzene rings is 1. The molecule has 0 spiro atoms. The summed E-state index contributed by atoms with van der Waals surface area (Å²) in [4.78, 5) is 11.6. The van der Waals surface area contributed by atoms with Crippen molar-refractivity contribution < 1.29 is 4.79 Å². The van der Waals surface area contributed by atoms with E-state index < -0.39 is 0 Å². The van der Waals surface area contributed by atoms with Gasteiger partial charge in [0.1, 0.15) is 0 Å². The molecule has 1 aromatic carbocycles. The average molecular weight is 195 g/mol. The van der Waals surface area contributed by atoms with Gasteiger partial charge in [-0.2, -0.15) is 0 Å². The second-order valence-corrected chi connectivity index (χ2v) is 4.55. The van der Waals surface area contributed by atoms with E-state index in [1.54, 1.807) is 6.07 Å². The van der Waals surface area contributed by atoms with Crippen LogP contribution < -0.4 is 0 Å². The van der Waals surface area contributed by atoms with Gasteiger partial charge in [0.05, 0.1) is 5.02 Å². The molecule has 2 rings (SSSR count). The molecule has 0 N–H and O–H groups in total. The summed E-state index contributed by atoms with van der Waals surface area (Å²) in [5.74, 6) is 0.172. The minimum absolute atomic E-state index is 0.0443. The molecule has 0 aromatic heterocycles. The van der Waals surface area contributed by atoms with Crippen LogP contribution in [0.3, 0.4) is 0 Å². The predicted octanol–water partition coefficient (Wildman–Crippen LogP) is 3.20. The third kappa shape index (κ3) is 1.19. The van der Waals surface area contributed by atoms with Gasteiger partial charge in [0.15, 0.2) is 5.78 Å². The van der Waals surface area contributed by atoms with Crippen molar-refractivity contribution in [3.63, 3.8) is 0 Å². The maximum Gasteiger partial charge on any atom is 0.165 e. The standard InChI is InChI=1S/C11H11ClO/c1-11(2)6-9(13)10-7(11)4-3-5-8(10)12/h3-5H,6H2,1-2H3. The Morgan fingerprint density at radius 1 is 1.38 bits per heavy atom. The number of halogens is 1. The minimum Gasteiger partial charge on any atom is -0.294 e. The molecule has 1 aliphatic rings. The van der Waals surface area contributed by atoms with Crippen LogP contribution in [-0.2, 0) is 5.41 Å². The maximum atomic E-state index is 11.6. The summed E-state index contributed by atoms with van der Waals surface area (Å²) in [6, 6.07) is 5.67. The lowest BCUT2D eigenvalue weighted by atomic mass is 9.87. The van der Waals surface area contributed by atoms with E-state index in [9.17, 15) is 4.79 Å². The molecule has 68 valence electrons. The van der Waals surface area contributed by atoms with Gasteiger partial charge in [-0.25, -0.2) is 0 Å². The van der Waals surface area contributed by atoms with E-state index >= 15 is 0 Å². The molecular formula is C11H11ClO. The molecule has 13 heavy (non-hydrogen) atoms. The van der Waals surface area contributed by atoms with Crippen molar-refractivity contribution in [1.82, 2.24) is 0 Å². The number of carbonyl (C=O) groups excluding carboxylic acids is 1. The highest BCUT2D eigenvalue weighted by Crippen LogP contribution is 2.40. The summed E-state index contributed by atoms with van der Waals surface area (Å²) in [7, 11) is 0. The molecule has 0 fully saturated rings. The average Bonchev–Trinajstić information content (AvgIpc) is 2.24. The van der Waals surface area contributed by atoms with Crippen LogP contribution in [0.5, 0.6) is 0 Å². The van der Waals surface area contributed by atoms with E-state index in [1.807, 2.05) is 12.1 Å². The zero-order valence-corrected chi connectivity index (χ0v) is 8.48. The molecule has 0 bridgehead atoms. The van der Waals surface area contributed by atoms with E-state index in [1.165, 1.54) is 0 Å². The van der Waals surface area contributed by atoms with Gasteiger partial charge >= 0.3 is 0 Å². The van der Waals surface area contributed by atoms with E-state index in [0.29, 0.717) is 11.4 Å². The largest absolute Gasteiger partial charge is 0.294 e. The molecule has 0 saturated heterocycles. The fourth-order valence-corrected chi connectivity index (χ4v) is 2.24. The maximum absolute atomic E-state index is 11.6. The summed E-state index contributed by atoms with van der Waals surface area (Å²) < 4.78 is 0. The quantitative estimate of drug-likeness (QED) is 0.620. The van der Waals surface area contributed by atoms with Gasteiger partial charge in [-0.1, -0.05) is 37.6 Å². The Hall–Kier alpha value is -0.820. The molecule has 0 unspecified atom stereocenters. The van der Waals surface area contributed by atoms with Crippen molar-refractivity contribution in [1.29, 1.82) is 0 Å². The van der Waals surface area contributed by atoms with Crippen LogP contribution in [0.2, 0.25) is 5.02 Å². The van der Waals surface area contributed by atoms with E-state index in [0.717, 1.165) is 11.1 Å². The van der Waals surface area contributed by atoms with Gasteiger partial charge in [0.2, 0.25) is 0 Å². The van der Waals surface area contributed by atoms with Gasteiger partial charge in [-0.3, -0.25) is 4.79 Å². The van der Waals surface area contributed by atoms with Crippen LogP contribution in [0.25, 0.3) is 0 Å². The van der Waals surface area contributed by atoms with Crippen molar-refractivity contribution in [3.8, 4) is 0 Å². The Kier molecular flexibility index (Phi) is 1.74. The van der Waals surface area contributed by atoms with Crippen LogP contribution in [0.4, 0.5) is 0 Å². The third-order valence-corrected chi connectivity index (χ3v) is 2.94. The molecule has 2 heteroatoms. The lowest BCUT2D eigenvalue weighted by Crippen LogP contribution is -2.12. The Balaban J connectivity index is 2.72. The molecule has 0 aliphatic heterocycles. The number of rotatable bonds is 0. The molecule has 0 radical (unpaired) electrons. The second kappa shape index (κ2) is 2.58. The predicted molar refractivity (Wildman–Crippen MR) is 53.4 cm³/mol. The summed E-state index contributed by atoms with van der Waals surface area (Å²) in [5, 5.41) is 0.591. The molecular weight excluding hydrogens is 184 g/mol. The monoisotopic (exact) mass is 194 g/mol. The molecule has 0 saturated carbocycles. The summed E-state index contributed by atoms with van der Waals surface area (Å²) in [6.45, 7) is 4.15. The Morgan fingerprint density at radius 2 is 2.08 bits per heavy atom. The first-order valence-corrected chi connectivity index (χ1v) is 4.72. The van der Waals surface area contributed by atoms with Crippen molar-refractivity contribution in [2.24, 2.45) is 0 Å². The van der Waals surface area contributed by atoms with Crippen LogP contribution in [-0.4, -0.2) is 5.78 Å². The smallest absolute Gasteiger partial charge is 0.165 e. The first kappa shape index (κ1) is 8.76. The molecule has 1 nitrogen and oxygen atoms in total. The van der Waals surface area contributed by atoms with Crippen LogP contribution >= 0.6 is 11.6 Å². The number of Topliss-reactive ketones (excluding diaryl/α,β-unsaturated/α-hetero) is 1. The van der Waals surface area contributed by atoms with Crippen LogP contribution in [0, 0.1) is 0 Å². The highest BCUT2D eigenvalue weighted by molar-refractivity contribution is 6.34. The summed E-state index contributed by atoms with van der Waals surface area (Å²) in [5.41, 5.74) is 1.77. The van der Waals surface area contributed by atoms with Gasteiger partial charge < -0.3 is 0 Å². The normalized spacial score (nSPS) is 18.8. The van der Waals surface area contributed by atoms with Crippen molar-refractivity contribution in [2.45, 2.75) is 25.7 Å². The van der Waals surface area contributed by atoms with E-state index in [2.05, 4.69) is 13.8 Å². The van der Waals surface area contributed by atoms with Crippen molar-refractivity contribution >= 4 is 17.4 Å². The number of hydrogen-bond donors (Lipinski definition) is 0. The summed E-state index contributed by atoms with van der Waals surface area (Å²) in [6.07, 6.45) is 0.575. The SMILES string of the molecule is CC1(C)CC(=O)c2c(Cl)cccc21. The van der Waals surface area contributed by atoms with Gasteiger partial charge in [0, 0.05) is 12.0 Å². The number of carbonyl (C=O) groups is 1. The Bertz CT molecular complexity index is 380. The zero-order chi connectivity index (χ0) is 9.64. The number of hydrogen-bond acceptors (Lipinski definition) is 1. The molecule has 1 aromatic rings. The van der Waals surface area contributed by atoms with Crippen molar-refractivity contribution in [2.75, 3.05) is 0 Å². The highest BCUT2D eigenvalue weighted by Gasteiger charge is 2.36. The van der Waals surface area contributed by atoms with Gasteiger partial charge in [-0.05, 0) is 17.0 Å². The summed E-state index contributed by atoms with van der Waals surface area (Å²) >= 11 is 5.97. The Morgan fingerprint density at radius 3 is 2.69 bits per heavy atom. The second-order valence-electron chi connectivity index (χ2n) is 4.15. The first-order chi connectivity index (χ1) is 6.02. The van der Waals surface area contributed by atoms with E-state index in [-0.39, 0.29) is 11.2 Å². The Labute approximate surface area is 82.7 Å². The molecule has 0 amide bonds. The minimum atomic E-state index is -0.0443. The molecule has 0 atom stereocenters. The molecule has 0 heterocycles. The first-order valence-electron chi connectivity index (χ1n) is 4.34. The van der Waals surface area contributed by atoms with Crippen LogP contribution in [0.15, 0.2) is 18.2 Å². The zero-order valence-electron chi connectivity index (χ0n) is 7.73. The van der Waals surface area contributed by atoms with Crippen LogP contribution in [0.1, 0.15) is 36.2 Å². The topological polar surface area (TPSA) is 17.1 Å². The number of ketones is 1. The van der Waals surface area contributed by atoms with Gasteiger partial charge in [0.25, 0.3) is 0 Å². The molecule has 1 aliphatic carbocycles. The third-order valence-electron chi connectivity index (χ3n) is 2.62. The van der Waals surface area contributed by atoms with E-state index in [4.69, 9.17) is 11.6 Å². The highest BCUT2D eigenvalue weighted by atomic mass is 35.5. The van der Waals surface area contributed by atoms with Gasteiger partial charge in [-0.15, -0.1) is 0 Å². The fraction of sp³-hybridized carbons (Fsp3) is 0.364. The van der Waals surface area contributed by atoms with Crippen molar-refractivity contribution in [3.05, 3.63) is 34.3 Å².